The number of aromatic nitrogens is 1. The van der Waals surface area contributed by atoms with Crippen molar-refractivity contribution < 1.29 is 9.21 Å². The third-order valence-electron chi connectivity index (χ3n) is 3.84. The molecule has 8 heteroatoms. The van der Waals surface area contributed by atoms with Crippen LogP contribution in [0.4, 0.5) is 11.5 Å². The second-order valence-corrected chi connectivity index (χ2v) is 6.84. The number of anilines is 2. The number of nitrogens with zero attached hydrogens (tertiary/aromatic N) is 2. The third kappa shape index (κ3) is 2.90. The normalized spacial score (nSPS) is 11.0. The summed E-state index contributed by atoms with van der Waals surface area (Å²) < 4.78 is 5.20. The lowest BCUT2D eigenvalue weighted by Gasteiger charge is -2.12. The number of thiophene rings is 1. The Kier molecular flexibility index (Phi) is 4.33. The molecule has 0 radical (unpaired) electrons. The van der Waals surface area contributed by atoms with E-state index in [0.717, 1.165) is 5.56 Å². The maximum absolute atomic E-state index is 12.5. The van der Waals surface area contributed by atoms with E-state index >= 15 is 0 Å². The summed E-state index contributed by atoms with van der Waals surface area (Å²) in [5.74, 6) is 0.495. The van der Waals surface area contributed by atoms with E-state index in [4.69, 9.17) is 15.9 Å². The number of nitrogen functional groups attached to an aromatic ring is 2. The highest BCUT2D eigenvalue weighted by Crippen LogP contribution is 2.40. The van der Waals surface area contributed by atoms with Crippen LogP contribution in [0.15, 0.2) is 22.8 Å². The van der Waals surface area contributed by atoms with Crippen LogP contribution in [-0.2, 0) is 6.54 Å². The zero-order valence-electron chi connectivity index (χ0n) is 13.8. The number of nitriles is 1. The fourth-order valence-electron chi connectivity index (χ4n) is 2.72. The number of hydrogen-bond donors (Lipinski definition) is 3. The number of carbonyl (C=O) groups is 1. The molecule has 0 aliphatic rings. The van der Waals surface area contributed by atoms with E-state index in [9.17, 15) is 10.1 Å². The van der Waals surface area contributed by atoms with Crippen LogP contribution in [0.3, 0.4) is 0 Å². The highest BCUT2D eigenvalue weighted by molar-refractivity contribution is 7.21. The van der Waals surface area contributed by atoms with Gasteiger partial charge in [-0.1, -0.05) is 13.8 Å². The number of pyridine rings is 1. The Balaban J connectivity index is 2.06. The average molecular weight is 355 g/mol. The monoisotopic (exact) mass is 355 g/mol. The van der Waals surface area contributed by atoms with Gasteiger partial charge in [-0.25, -0.2) is 4.98 Å². The number of hydrogen-bond acceptors (Lipinski definition) is 7. The Hall–Kier alpha value is -3.05. The molecule has 0 aliphatic carbocycles. The van der Waals surface area contributed by atoms with Gasteiger partial charge in [0.2, 0.25) is 0 Å². The van der Waals surface area contributed by atoms with Crippen molar-refractivity contribution in [2.75, 3.05) is 11.5 Å². The number of nitrogens with one attached hydrogen (secondary N) is 1. The zero-order valence-corrected chi connectivity index (χ0v) is 14.6. The number of fused-ring (bicyclic) bond motifs is 1. The number of nitrogens with two attached hydrogens (primary N) is 2. The van der Waals surface area contributed by atoms with E-state index in [2.05, 4.69) is 16.4 Å². The van der Waals surface area contributed by atoms with Gasteiger partial charge in [0.25, 0.3) is 5.91 Å². The van der Waals surface area contributed by atoms with Crippen LogP contribution < -0.4 is 16.8 Å². The molecule has 0 saturated carbocycles. The lowest BCUT2D eigenvalue weighted by molar-refractivity contribution is 0.0953. The van der Waals surface area contributed by atoms with Crippen molar-refractivity contribution in [1.82, 2.24) is 10.3 Å². The van der Waals surface area contributed by atoms with E-state index in [0.29, 0.717) is 32.1 Å². The Bertz CT molecular complexity index is 983. The predicted molar refractivity (Wildman–Crippen MR) is 97.1 cm³/mol. The number of amides is 1. The molecule has 0 atom stereocenters. The summed E-state index contributed by atoms with van der Waals surface area (Å²) in [6.07, 6.45) is 1.54. The molecule has 25 heavy (non-hydrogen) atoms. The van der Waals surface area contributed by atoms with Gasteiger partial charge in [0.05, 0.1) is 24.1 Å². The maximum Gasteiger partial charge on any atom is 0.263 e. The highest BCUT2D eigenvalue weighted by atomic mass is 32.1. The minimum atomic E-state index is -0.316. The van der Waals surface area contributed by atoms with Crippen LogP contribution in [0, 0.1) is 11.3 Å². The van der Waals surface area contributed by atoms with Crippen molar-refractivity contribution in [3.63, 3.8) is 0 Å². The molecule has 128 valence electrons. The Morgan fingerprint density at radius 1 is 1.48 bits per heavy atom. The van der Waals surface area contributed by atoms with Crippen molar-refractivity contribution in [1.29, 1.82) is 5.26 Å². The number of furan rings is 1. The lowest BCUT2D eigenvalue weighted by Crippen LogP contribution is -2.22. The first kappa shape index (κ1) is 16.8. The standard InChI is InChI=1S/C17H17N5O2S/c1-8(2)11-10(6-18)15(20)22-17-12(11)13(19)14(25-17)16(23)21-7-9-4-3-5-24-9/h3-5,8H,7,19H2,1-2H3,(H2,20,22)(H,21,23). The van der Waals surface area contributed by atoms with E-state index in [1.54, 1.807) is 18.4 Å². The topological polar surface area (TPSA) is 131 Å². The second kappa shape index (κ2) is 6.45. The fraction of sp³-hybridized carbons (Fsp3) is 0.235. The van der Waals surface area contributed by atoms with E-state index in [1.807, 2.05) is 13.8 Å². The molecule has 5 N–H and O–H groups in total. The molecule has 3 aromatic rings. The molecule has 0 fully saturated rings. The predicted octanol–water partition coefficient (Wildman–Crippen LogP) is 2.98. The molecular formula is C17H17N5O2S. The molecule has 0 aromatic carbocycles. The van der Waals surface area contributed by atoms with Gasteiger partial charge in [-0.2, -0.15) is 5.26 Å². The van der Waals surface area contributed by atoms with Crippen molar-refractivity contribution in [2.45, 2.75) is 26.3 Å². The summed E-state index contributed by atoms with van der Waals surface area (Å²) in [7, 11) is 0. The molecule has 3 rings (SSSR count). The summed E-state index contributed by atoms with van der Waals surface area (Å²) in [6.45, 7) is 4.15. The number of rotatable bonds is 4. The van der Waals surface area contributed by atoms with Gasteiger partial charge in [0.1, 0.15) is 27.4 Å². The molecule has 0 spiro atoms. The molecule has 0 aliphatic heterocycles. The van der Waals surface area contributed by atoms with Crippen LogP contribution in [0.1, 0.15) is 46.3 Å². The minimum absolute atomic E-state index is 0.0124. The van der Waals surface area contributed by atoms with Crippen molar-refractivity contribution in [3.8, 4) is 6.07 Å². The third-order valence-corrected chi connectivity index (χ3v) is 4.94. The first-order chi connectivity index (χ1) is 11.9. The Morgan fingerprint density at radius 3 is 2.84 bits per heavy atom. The summed E-state index contributed by atoms with van der Waals surface area (Å²) >= 11 is 1.17. The van der Waals surface area contributed by atoms with Crippen molar-refractivity contribution in [3.05, 3.63) is 40.2 Å². The second-order valence-electron chi connectivity index (χ2n) is 5.84. The zero-order chi connectivity index (χ0) is 18.1. The lowest BCUT2D eigenvalue weighted by atomic mass is 9.95. The van der Waals surface area contributed by atoms with Crippen LogP contribution >= 0.6 is 11.3 Å². The van der Waals surface area contributed by atoms with E-state index in [1.165, 1.54) is 11.3 Å². The first-order valence-electron chi connectivity index (χ1n) is 7.66. The quantitative estimate of drug-likeness (QED) is 0.659. The number of carbonyl (C=O) groups excluding carboxylic acids is 1. The Morgan fingerprint density at radius 2 is 2.24 bits per heavy atom. The summed E-state index contributed by atoms with van der Waals surface area (Å²) in [6, 6.07) is 5.62. The highest BCUT2D eigenvalue weighted by Gasteiger charge is 2.24. The first-order valence-corrected chi connectivity index (χ1v) is 8.47. The van der Waals surface area contributed by atoms with Gasteiger partial charge in [-0.3, -0.25) is 4.79 Å². The van der Waals surface area contributed by atoms with Gasteiger partial charge in [0, 0.05) is 5.39 Å². The molecule has 7 nitrogen and oxygen atoms in total. The van der Waals surface area contributed by atoms with Gasteiger partial charge in [0.15, 0.2) is 0 Å². The average Bonchev–Trinajstić information content (AvgIpc) is 3.19. The smallest absolute Gasteiger partial charge is 0.263 e. The van der Waals surface area contributed by atoms with Crippen LogP contribution in [0.5, 0.6) is 0 Å². The van der Waals surface area contributed by atoms with E-state index < -0.39 is 0 Å². The van der Waals surface area contributed by atoms with Crippen molar-refractivity contribution >= 4 is 39.0 Å². The maximum atomic E-state index is 12.5. The largest absolute Gasteiger partial charge is 0.467 e. The van der Waals surface area contributed by atoms with Crippen molar-refractivity contribution in [2.24, 2.45) is 0 Å². The van der Waals surface area contributed by atoms with Gasteiger partial charge >= 0.3 is 0 Å². The summed E-state index contributed by atoms with van der Waals surface area (Å²) in [5, 5.41) is 12.8. The van der Waals surface area contributed by atoms with Gasteiger partial charge in [-0.15, -0.1) is 11.3 Å². The SMILES string of the molecule is CC(C)c1c(C#N)c(N)nc2sc(C(=O)NCc3ccco3)c(N)c12. The van der Waals surface area contributed by atoms with Crippen LogP contribution in [0.25, 0.3) is 10.2 Å². The van der Waals surface area contributed by atoms with E-state index in [-0.39, 0.29) is 24.2 Å². The van der Waals surface area contributed by atoms with Gasteiger partial charge < -0.3 is 21.2 Å². The molecule has 1 amide bonds. The fourth-order valence-corrected chi connectivity index (χ4v) is 3.76. The molecule has 0 saturated heterocycles. The molecular weight excluding hydrogens is 338 g/mol. The van der Waals surface area contributed by atoms with Crippen LogP contribution in [0.2, 0.25) is 0 Å². The summed E-state index contributed by atoms with van der Waals surface area (Å²) in [4.78, 5) is 17.7. The molecule has 3 heterocycles. The molecule has 3 aromatic heterocycles. The summed E-state index contributed by atoms with van der Waals surface area (Å²) in [5.41, 5.74) is 13.5. The van der Waals surface area contributed by atoms with Gasteiger partial charge in [-0.05, 0) is 23.6 Å². The minimum Gasteiger partial charge on any atom is -0.467 e. The molecule has 0 bridgehead atoms. The Labute approximate surface area is 148 Å². The van der Waals surface area contributed by atoms with Crippen LogP contribution in [-0.4, -0.2) is 10.9 Å². The molecule has 0 unspecified atom stereocenters.